The minimum atomic E-state index is -0.195. The molecule has 2 aliphatic rings. The van der Waals surface area contributed by atoms with E-state index in [0.29, 0.717) is 5.78 Å². The lowest BCUT2D eigenvalue weighted by Crippen LogP contribution is -2.51. The Morgan fingerprint density at radius 3 is 2.22 bits per heavy atom. The zero-order valence-electron chi connectivity index (χ0n) is 12.0. The zero-order chi connectivity index (χ0) is 13.0. The van der Waals surface area contributed by atoms with Gasteiger partial charge in [0.25, 0.3) is 0 Å². The molecule has 0 aliphatic heterocycles. The lowest BCUT2D eigenvalue weighted by atomic mass is 9.78. The smallest absolute Gasteiger partial charge is 0.178 e. The third kappa shape index (κ3) is 2.69. The van der Waals surface area contributed by atoms with Crippen molar-refractivity contribution < 1.29 is 4.79 Å². The van der Waals surface area contributed by atoms with Crippen LogP contribution in [0, 0.1) is 0 Å². The Labute approximate surface area is 111 Å². The molecule has 2 aliphatic carbocycles. The van der Waals surface area contributed by atoms with Crippen LogP contribution in [0.25, 0.3) is 0 Å². The predicted octanol–water partition coefficient (Wildman–Crippen LogP) is 3.71. The van der Waals surface area contributed by atoms with Crippen LogP contribution in [0.4, 0.5) is 0 Å². The summed E-state index contributed by atoms with van der Waals surface area (Å²) in [6.07, 6.45) is 13.9. The number of rotatable bonds is 3. The van der Waals surface area contributed by atoms with Gasteiger partial charge in [-0.15, -0.1) is 0 Å². The second-order valence-corrected chi connectivity index (χ2v) is 6.14. The molecular formula is C16H27NO. The normalized spacial score (nSPS) is 24.5. The van der Waals surface area contributed by atoms with Crippen LogP contribution in [0.2, 0.25) is 0 Å². The quantitative estimate of drug-likeness (QED) is 0.711. The highest BCUT2D eigenvalue weighted by molar-refractivity contribution is 6.02. The summed E-state index contributed by atoms with van der Waals surface area (Å²) in [6.45, 7) is 0. The van der Waals surface area contributed by atoms with Crippen molar-refractivity contribution in [2.75, 3.05) is 14.1 Å². The summed E-state index contributed by atoms with van der Waals surface area (Å²) < 4.78 is 0. The molecule has 0 heterocycles. The van der Waals surface area contributed by atoms with E-state index in [1.54, 1.807) is 0 Å². The van der Waals surface area contributed by atoms with Crippen molar-refractivity contribution in [3.05, 3.63) is 11.6 Å². The molecule has 0 aromatic carbocycles. The molecule has 0 spiro atoms. The van der Waals surface area contributed by atoms with Gasteiger partial charge in [-0.25, -0.2) is 0 Å². The van der Waals surface area contributed by atoms with Gasteiger partial charge in [0.15, 0.2) is 5.78 Å². The van der Waals surface area contributed by atoms with Crippen molar-refractivity contribution in [1.82, 2.24) is 4.90 Å². The van der Waals surface area contributed by atoms with E-state index in [-0.39, 0.29) is 5.54 Å². The second-order valence-electron chi connectivity index (χ2n) is 6.14. The third-order valence-corrected chi connectivity index (χ3v) is 4.79. The van der Waals surface area contributed by atoms with Gasteiger partial charge in [0, 0.05) is 0 Å². The molecule has 0 bridgehead atoms. The van der Waals surface area contributed by atoms with Crippen LogP contribution in [-0.2, 0) is 4.79 Å². The zero-order valence-corrected chi connectivity index (χ0v) is 12.0. The molecule has 18 heavy (non-hydrogen) atoms. The van der Waals surface area contributed by atoms with E-state index in [4.69, 9.17) is 0 Å². The summed E-state index contributed by atoms with van der Waals surface area (Å²) in [5.41, 5.74) is 0.927. The van der Waals surface area contributed by atoms with Crippen LogP contribution in [0.15, 0.2) is 11.6 Å². The first-order chi connectivity index (χ1) is 8.67. The Kier molecular flexibility index (Phi) is 4.60. The van der Waals surface area contributed by atoms with E-state index >= 15 is 0 Å². The van der Waals surface area contributed by atoms with Gasteiger partial charge >= 0.3 is 0 Å². The molecule has 0 radical (unpaired) electrons. The number of carbonyl (C=O) groups is 1. The Morgan fingerprint density at radius 1 is 1.06 bits per heavy atom. The lowest BCUT2D eigenvalue weighted by Gasteiger charge is -2.39. The van der Waals surface area contributed by atoms with Gasteiger partial charge in [-0.05, 0) is 58.2 Å². The van der Waals surface area contributed by atoms with E-state index in [2.05, 4.69) is 25.1 Å². The lowest BCUT2D eigenvalue weighted by molar-refractivity contribution is -0.127. The summed E-state index contributed by atoms with van der Waals surface area (Å²) in [5, 5.41) is 0. The second kappa shape index (κ2) is 6.01. The third-order valence-electron chi connectivity index (χ3n) is 4.79. The van der Waals surface area contributed by atoms with E-state index in [0.717, 1.165) is 31.3 Å². The molecule has 1 fully saturated rings. The number of hydrogen-bond acceptors (Lipinski definition) is 2. The van der Waals surface area contributed by atoms with Crippen LogP contribution < -0.4 is 0 Å². The maximum atomic E-state index is 13.0. The first-order valence-corrected chi connectivity index (χ1v) is 7.58. The number of nitrogens with zero attached hydrogens (tertiary/aromatic N) is 1. The maximum Gasteiger partial charge on any atom is 0.178 e. The first-order valence-electron chi connectivity index (χ1n) is 7.58. The fourth-order valence-electron chi connectivity index (χ4n) is 3.53. The first kappa shape index (κ1) is 13.8. The molecule has 0 saturated heterocycles. The van der Waals surface area contributed by atoms with Crippen LogP contribution in [0.3, 0.4) is 0 Å². The fourth-order valence-corrected chi connectivity index (χ4v) is 3.53. The van der Waals surface area contributed by atoms with E-state index in [9.17, 15) is 4.79 Å². The van der Waals surface area contributed by atoms with Gasteiger partial charge in [0.2, 0.25) is 0 Å². The van der Waals surface area contributed by atoms with Crippen molar-refractivity contribution in [2.45, 2.75) is 69.7 Å². The van der Waals surface area contributed by atoms with E-state index in [1.165, 1.54) is 38.5 Å². The number of ketones is 1. The average Bonchev–Trinajstić information content (AvgIpc) is 2.65. The molecule has 0 aromatic heterocycles. The van der Waals surface area contributed by atoms with Crippen LogP contribution in [0.1, 0.15) is 64.2 Å². The molecule has 2 rings (SSSR count). The van der Waals surface area contributed by atoms with Crippen molar-refractivity contribution in [1.29, 1.82) is 0 Å². The van der Waals surface area contributed by atoms with Crippen LogP contribution >= 0.6 is 0 Å². The Morgan fingerprint density at radius 2 is 1.72 bits per heavy atom. The summed E-state index contributed by atoms with van der Waals surface area (Å²) >= 11 is 0. The topological polar surface area (TPSA) is 20.3 Å². The predicted molar refractivity (Wildman–Crippen MR) is 75.7 cm³/mol. The Bertz CT molecular complexity index is 322. The van der Waals surface area contributed by atoms with Gasteiger partial charge in [0.1, 0.15) is 0 Å². The van der Waals surface area contributed by atoms with Gasteiger partial charge in [-0.1, -0.05) is 31.8 Å². The fraction of sp³-hybridized carbons (Fsp3) is 0.812. The van der Waals surface area contributed by atoms with E-state index < -0.39 is 0 Å². The summed E-state index contributed by atoms with van der Waals surface area (Å²) in [5.74, 6) is 0.439. The summed E-state index contributed by atoms with van der Waals surface area (Å²) in [7, 11) is 4.18. The van der Waals surface area contributed by atoms with Gasteiger partial charge < -0.3 is 0 Å². The minimum Gasteiger partial charge on any atom is -0.297 e. The molecule has 2 heteroatoms. The number of carbonyl (C=O) groups excluding carboxylic acids is 1. The highest BCUT2D eigenvalue weighted by Crippen LogP contribution is 2.35. The Hall–Kier alpha value is -0.630. The van der Waals surface area contributed by atoms with Crippen LogP contribution in [-0.4, -0.2) is 30.3 Å². The Balaban J connectivity index is 2.22. The molecule has 0 N–H and O–H groups in total. The van der Waals surface area contributed by atoms with Crippen molar-refractivity contribution >= 4 is 5.78 Å². The SMILES string of the molecule is CN(C)C1(C(=O)C2=CCCCC2)CCCCCC1. The van der Waals surface area contributed by atoms with Gasteiger partial charge in [-0.2, -0.15) is 0 Å². The molecule has 102 valence electrons. The van der Waals surface area contributed by atoms with Gasteiger partial charge in [0.05, 0.1) is 5.54 Å². The number of likely N-dealkylation sites (N-methyl/N-ethyl adjacent to an activating group) is 1. The molecule has 2 nitrogen and oxygen atoms in total. The number of hydrogen-bond donors (Lipinski definition) is 0. The van der Waals surface area contributed by atoms with Gasteiger partial charge in [-0.3, -0.25) is 9.69 Å². The molecule has 0 amide bonds. The van der Waals surface area contributed by atoms with E-state index in [1.807, 2.05) is 0 Å². The van der Waals surface area contributed by atoms with Crippen molar-refractivity contribution in [2.24, 2.45) is 0 Å². The monoisotopic (exact) mass is 249 g/mol. The molecule has 0 unspecified atom stereocenters. The largest absolute Gasteiger partial charge is 0.297 e. The molecular weight excluding hydrogens is 222 g/mol. The number of Topliss-reactive ketones (excluding diaryl/α,β-unsaturated/α-hetero) is 1. The van der Waals surface area contributed by atoms with Crippen LogP contribution in [0.5, 0.6) is 0 Å². The molecule has 1 saturated carbocycles. The average molecular weight is 249 g/mol. The minimum absolute atomic E-state index is 0.195. The number of allylic oxidation sites excluding steroid dienone is 1. The maximum absolute atomic E-state index is 13.0. The standard InChI is InChI=1S/C16H27NO/c1-17(2)16(12-8-3-4-9-13-16)15(18)14-10-6-5-7-11-14/h10H,3-9,11-13H2,1-2H3. The molecule has 0 aromatic rings. The highest BCUT2D eigenvalue weighted by atomic mass is 16.1. The molecule has 0 atom stereocenters. The highest BCUT2D eigenvalue weighted by Gasteiger charge is 2.41. The van der Waals surface area contributed by atoms with Crippen molar-refractivity contribution in [3.63, 3.8) is 0 Å². The summed E-state index contributed by atoms with van der Waals surface area (Å²) in [4.78, 5) is 15.2. The van der Waals surface area contributed by atoms with Crippen molar-refractivity contribution in [3.8, 4) is 0 Å². The summed E-state index contributed by atoms with van der Waals surface area (Å²) in [6, 6.07) is 0.